The first kappa shape index (κ1) is 16.5. The number of amides is 2. The Morgan fingerprint density at radius 2 is 1.73 bits per heavy atom. The summed E-state index contributed by atoms with van der Waals surface area (Å²) in [7, 11) is 0. The predicted molar refractivity (Wildman–Crippen MR) is 85.3 cm³/mol. The normalized spacial score (nSPS) is 22.0. The maximum Gasteiger partial charge on any atom is 0.270 e. The van der Waals surface area contributed by atoms with Crippen molar-refractivity contribution < 1.29 is 9.59 Å². The van der Waals surface area contributed by atoms with E-state index < -0.39 is 5.41 Å². The summed E-state index contributed by atoms with van der Waals surface area (Å²) in [5.74, 6) is -0.154. The molecule has 0 saturated heterocycles. The average molecular weight is 303 g/mol. The van der Waals surface area contributed by atoms with E-state index in [1.165, 1.54) is 0 Å². The minimum atomic E-state index is -0.424. The van der Waals surface area contributed by atoms with Crippen LogP contribution in [-0.4, -0.2) is 28.9 Å². The number of aromatic nitrogens is 1. The molecular weight excluding hydrogens is 278 g/mol. The minimum Gasteiger partial charge on any atom is -0.351 e. The zero-order valence-electron chi connectivity index (χ0n) is 13.6. The molecule has 0 bridgehead atoms. The van der Waals surface area contributed by atoms with E-state index in [4.69, 9.17) is 0 Å². The lowest BCUT2D eigenvalue weighted by molar-refractivity contribution is -0.129. The van der Waals surface area contributed by atoms with Gasteiger partial charge in [-0.25, -0.2) is 0 Å². The zero-order valence-corrected chi connectivity index (χ0v) is 13.6. The van der Waals surface area contributed by atoms with Crippen LogP contribution in [0.5, 0.6) is 0 Å². The highest BCUT2D eigenvalue weighted by Gasteiger charge is 2.31. The number of pyridine rings is 1. The van der Waals surface area contributed by atoms with Gasteiger partial charge in [0.25, 0.3) is 5.91 Å². The van der Waals surface area contributed by atoms with Crippen LogP contribution in [0.4, 0.5) is 0 Å². The van der Waals surface area contributed by atoms with Gasteiger partial charge in [-0.2, -0.15) is 0 Å². The lowest BCUT2D eigenvalue weighted by atomic mass is 9.88. The molecule has 2 rings (SSSR count). The van der Waals surface area contributed by atoms with Gasteiger partial charge in [0.15, 0.2) is 0 Å². The van der Waals surface area contributed by atoms with Crippen molar-refractivity contribution in [3.63, 3.8) is 0 Å². The highest BCUT2D eigenvalue weighted by atomic mass is 16.2. The number of nitrogens with one attached hydrogen (secondary N) is 2. The topological polar surface area (TPSA) is 71.1 Å². The Morgan fingerprint density at radius 3 is 2.27 bits per heavy atom. The van der Waals surface area contributed by atoms with E-state index in [2.05, 4.69) is 15.6 Å². The largest absolute Gasteiger partial charge is 0.351 e. The average Bonchev–Trinajstić information content (AvgIpc) is 2.49. The molecule has 22 heavy (non-hydrogen) atoms. The fourth-order valence-corrected chi connectivity index (χ4v) is 2.60. The third-order valence-corrected chi connectivity index (χ3v) is 3.98. The summed E-state index contributed by atoms with van der Waals surface area (Å²) in [5, 5.41) is 6.12. The molecule has 0 radical (unpaired) electrons. The van der Waals surface area contributed by atoms with Gasteiger partial charge in [0.2, 0.25) is 5.91 Å². The van der Waals surface area contributed by atoms with E-state index in [1.54, 1.807) is 24.4 Å². The van der Waals surface area contributed by atoms with Crippen LogP contribution in [0, 0.1) is 5.41 Å². The molecule has 1 saturated carbocycles. The van der Waals surface area contributed by atoms with Crippen LogP contribution in [0.25, 0.3) is 0 Å². The van der Waals surface area contributed by atoms with Crippen molar-refractivity contribution in [1.29, 1.82) is 0 Å². The highest BCUT2D eigenvalue weighted by molar-refractivity contribution is 5.92. The Morgan fingerprint density at radius 1 is 1.09 bits per heavy atom. The van der Waals surface area contributed by atoms with Crippen LogP contribution in [-0.2, 0) is 4.79 Å². The van der Waals surface area contributed by atoms with Crippen LogP contribution in [0.1, 0.15) is 56.9 Å². The summed E-state index contributed by atoms with van der Waals surface area (Å²) in [6.07, 6.45) is 5.53. The van der Waals surface area contributed by atoms with Gasteiger partial charge in [0.05, 0.1) is 0 Å². The fraction of sp³-hybridized carbons (Fsp3) is 0.588. The van der Waals surface area contributed by atoms with Crippen LogP contribution in [0.2, 0.25) is 0 Å². The molecule has 2 atom stereocenters. The Labute approximate surface area is 131 Å². The predicted octanol–water partition coefficient (Wildman–Crippen LogP) is 2.28. The molecule has 5 heteroatoms. The molecule has 0 aromatic carbocycles. The van der Waals surface area contributed by atoms with Crippen LogP contribution in [0.3, 0.4) is 0 Å². The standard InChI is InChI=1S/C17H25N3O2/c1-17(2,3)16(22)20-13-9-5-4-8-12(13)19-15(21)14-10-6-7-11-18-14/h6-7,10-13H,4-5,8-9H2,1-3H3,(H,19,21)(H,20,22)/t12-,13-/m0/s1. The van der Waals surface area contributed by atoms with E-state index in [0.29, 0.717) is 5.69 Å². The molecule has 120 valence electrons. The number of hydrogen-bond acceptors (Lipinski definition) is 3. The summed E-state index contributed by atoms with van der Waals surface area (Å²) in [5.41, 5.74) is -0.0125. The Kier molecular flexibility index (Phi) is 5.16. The van der Waals surface area contributed by atoms with E-state index in [-0.39, 0.29) is 23.9 Å². The summed E-state index contributed by atoms with van der Waals surface area (Å²) in [6.45, 7) is 5.69. The quantitative estimate of drug-likeness (QED) is 0.900. The maximum absolute atomic E-state index is 12.3. The van der Waals surface area contributed by atoms with Gasteiger partial charge < -0.3 is 10.6 Å². The second-order valence-corrected chi connectivity index (χ2v) is 6.91. The highest BCUT2D eigenvalue weighted by Crippen LogP contribution is 2.21. The van der Waals surface area contributed by atoms with Crippen molar-refractivity contribution in [3.8, 4) is 0 Å². The van der Waals surface area contributed by atoms with Gasteiger partial charge in [-0.15, -0.1) is 0 Å². The van der Waals surface area contributed by atoms with Crippen LogP contribution in [0.15, 0.2) is 24.4 Å². The summed E-state index contributed by atoms with van der Waals surface area (Å²) >= 11 is 0. The summed E-state index contributed by atoms with van der Waals surface area (Å²) in [4.78, 5) is 28.5. The van der Waals surface area contributed by atoms with E-state index in [0.717, 1.165) is 25.7 Å². The van der Waals surface area contributed by atoms with Gasteiger partial charge >= 0.3 is 0 Å². The van der Waals surface area contributed by atoms with Crippen LogP contribution < -0.4 is 10.6 Å². The number of nitrogens with zero attached hydrogens (tertiary/aromatic N) is 1. The lowest BCUT2D eigenvalue weighted by Gasteiger charge is -2.34. The van der Waals surface area contributed by atoms with E-state index >= 15 is 0 Å². The van der Waals surface area contributed by atoms with Crippen molar-refractivity contribution in [1.82, 2.24) is 15.6 Å². The molecule has 1 aromatic heterocycles. The molecule has 1 aliphatic carbocycles. The van der Waals surface area contributed by atoms with E-state index in [9.17, 15) is 9.59 Å². The number of carbonyl (C=O) groups excluding carboxylic acids is 2. The Balaban J connectivity index is 2.01. The molecule has 1 aromatic rings. The Bertz CT molecular complexity index is 522. The van der Waals surface area contributed by atoms with Gasteiger partial charge in [-0.05, 0) is 25.0 Å². The second-order valence-electron chi connectivity index (χ2n) is 6.91. The third-order valence-electron chi connectivity index (χ3n) is 3.98. The van der Waals surface area contributed by atoms with E-state index in [1.807, 2.05) is 20.8 Å². The van der Waals surface area contributed by atoms with Gasteiger partial charge in [0.1, 0.15) is 5.69 Å². The molecular formula is C17H25N3O2. The number of rotatable bonds is 3. The molecule has 0 unspecified atom stereocenters. The van der Waals surface area contributed by atoms with Crippen molar-refractivity contribution in [2.24, 2.45) is 5.41 Å². The Hall–Kier alpha value is -1.91. The molecule has 1 fully saturated rings. The van der Waals surface area contributed by atoms with Crippen molar-refractivity contribution in [2.75, 3.05) is 0 Å². The third kappa shape index (κ3) is 4.29. The lowest BCUT2D eigenvalue weighted by Crippen LogP contribution is -2.55. The molecule has 5 nitrogen and oxygen atoms in total. The summed E-state index contributed by atoms with van der Waals surface area (Å²) in [6, 6.07) is 5.23. The maximum atomic E-state index is 12.3. The zero-order chi connectivity index (χ0) is 16.2. The molecule has 2 N–H and O–H groups in total. The summed E-state index contributed by atoms with van der Waals surface area (Å²) < 4.78 is 0. The van der Waals surface area contributed by atoms with Gasteiger partial charge in [-0.1, -0.05) is 39.7 Å². The number of carbonyl (C=O) groups is 2. The number of hydrogen-bond donors (Lipinski definition) is 2. The molecule has 0 aliphatic heterocycles. The van der Waals surface area contributed by atoms with Crippen LogP contribution >= 0.6 is 0 Å². The smallest absolute Gasteiger partial charge is 0.270 e. The SMILES string of the molecule is CC(C)(C)C(=O)N[C@H]1CCCC[C@@H]1NC(=O)c1ccccn1. The van der Waals surface area contributed by atoms with Crippen molar-refractivity contribution in [2.45, 2.75) is 58.5 Å². The molecule has 1 heterocycles. The first-order chi connectivity index (χ1) is 10.4. The minimum absolute atomic E-state index is 0.00635. The van der Waals surface area contributed by atoms with Crippen molar-refractivity contribution >= 4 is 11.8 Å². The first-order valence-corrected chi connectivity index (χ1v) is 7.91. The molecule has 0 spiro atoms. The molecule has 1 aliphatic rings. The van der Waals surface area contributed by atoms with Gasteiger partial charge in [-0.3, -0.25) is 14.6 Å². The van der Waals surface area contributed by atoms with Gasteiger partial charge in [0, 0.05) is 23.7 Å². The second kappa shape index (κ2) is 6.90. The molecule has 2 amide bonds. The fourth-order valence-electron chi connectivity index (χ4n) is 2.60. The monoisotopic (exact) mass is 303 g/mol. The van der Waals surface area contributed by atoms with Crippen molar-refractivity contribution in [3.05, 3.63) is 30.1 Å². The first-order valence-electron chi connectivity index (χ1n) is 7.91.